The molecule has 1 fully saturated rings. The number of benzene rings is 2. The van der Waals surface area contributed by atoms with Crippen molar-refractivity contribution >= 4 is 10.0 Å². The fourth-order valence-corrected chi connectivity index (χ4v) is 6.62. The number of hydrogen-bond acceptors (Lipinski definition) is 3. The van der Waals surface area contributed by atoms with Crippen LogP contribution in [0.5, 0.6) is 0 Å². The molecule has 0 unspecified atom stereocenters. The second-order valence-corrected chi connectivity index (χ2v) is 10.1. The van der Waals surface area contributed by atoms with E-state index in [0.717, 1.165) is 38.0 Å². The van der Waals surface area contributed by atoms with Crippen molar-refractivity contribution in [2.24, 2.45) is 5.92 Å². The molecule has 2 aliphatic rings. The minimum atomic E-state index is -3.42. The molecule has 0 N–H and O–H groups in total. The highest BCUT2D eigenvalue weighted by Gasteiger charge is 2.56. The molecule has 0 aromatic heterocycles. The number of likely N-dealkylation sites (tertiary alicyclic amines) is 1. The van der Waals surface area contributed by atoms with E-state index < -0.39 is 15.6 Å². The van der Waals surface area contributed by atoms with Crippen molar-refractivity contribution < 1.29 is 8.42 Å². The maximum Gasteiger partial charge on any atom is 0.244 e. The van der Waals surface area contributed by atoms with E-state index >= 15 is 0 Å². The summed E-state index contributed by atoms with van der Waals surface area (Å²) >= 11 is 0. The van der Waals surface area contributed by atoms with Gasteiger partial charge in [0.1, 0.15) is 0 Å². The molecule has 4 nitrogen and oxygen atoms in total. The Labute approximate surface area is 162 Å². The topological polar surface area (TPSA) is 40.6 Å². The van der Waals surface area contributed by atoms with Crippen LogP contribution in [0.25, 0.3) is 0 Å². The Bertz CT molecular complexity index is 911. The van der Waals surface area contributed by atoms with Crippen molar-refractivity contribution in [1.29, 1.82) is 0 Å². The van der Waals surface area contributed by atoms with Gasteiger partial charge in [0.2, 0.25) is 10.0 Å². The molecular weight excluding hydrogens is 356 g/mol. The zero-order valence-electron chi connectivity index (χ0n) is 16.1. The van der Waals surface area contributed by atoms with Crippen molar-refractivity contribution in [2.45, 2.75) is 43.7 Å². The van der Waals surface area contributed by atoms with Crippen LogP contribution in [0.1, 0.15) is 37.8 Å². The van der Waals surface area contributed by atoms with Gasteiger partial charge in [-0.2, -0.15) is 4.31 Å². The van der Waals surface area contributed by atoms with Gasteiger partial charge in [0, 0.05) is 26.2 Å². The zero-order chi connectivity index (χ0) is 19.1. The standard InChI is InChI=1S/C22H28N2O2S/c1-18(2)12-14-24-22(20-10-6-7-11-21(20)27(24,25)26)13-15-23(17-22)16-19-8-4-3-5-9-19/h3-11,18H,12-17H2,1-2H3/t22-/m1/s1. The predicted octanol–water partition coefficient (Wildman–Crippen LogP) is 3.84. The second-order valence-electron chi connectivity index (χ2n) is 8.23. The van der Waals surface area contributed by atoms with Gasteiger partial charge in [-0.3, -0.25) is 4.90 Å². The van der Waals surface area contributed by atoms with Crippen LogP contribution in [-0.2, 0) is 22.1 Å². The summed E-state index contributed by atoms with van der Waals surface area (Å²) in [7, 11) is -3.42. The summed E-state index contributed by atoms with van der Waals surface area (Å²) in [4.78, 5) is 2.91. The molecule has 0 amide bonds. The van der Waals surface area contributed by atoms with Gasteiger partial charge in [0.25, 0.3) is 0 Å². The summed E-state index contributed by atoms with van der Waals surface area (Å²) in [6, 6.07) is 18.0. The van der Waals surface area contributed by atoms with Crippen molar-refractivity contribution in [3.05, 3.63) is 65.7 Å². The van der Waals surface area contributed by atoms with Gasteiger partial charge in [-0.05, 0) is 36.0 Å². The number of rotatable bonds is 5. The lowest BCUT2D eigenvalue weighted by Gasteiger charge is -2.34. The molecule has 1 spiro atoms. The first-order valence-corrected chi connectivity index (χ1v) is 11.3. The number of nitrogens with zero attached hydrogens (tertiary/aromatic N) is 2. The Morgan fingerprint density at radius 2 is 1.74 bits per heavy atom. The van der Waals surface area contributed by atoms with Gasteiger partial charge in [-0.15, -0.1) is 0 Å². The summed E-state index contributed by atoms with van der Waals surface area (Å²) in [6.45, 7) is 7.43. The Morgan fingerprint density at radius 1 is 1.04 bits per heavy atom. The fraction of sp³-hybridized carbons (Fsp3) is 0.455. The first-order chi connectivity index (χ1) is 12.9. The molecule has 2 heterocycles. The normalized spacial score (nSPS) is 24.7. The highest BCUT2D eigenvalue weighted by molar-refractivity contribution is 7.89. The molecule has 0 saturated carbocycles. The molecule has 1 atom stereocenters. The van der Waals surface area contributed by atoms with Crippen molar-refractivity contribution in [1.82, 2.24) is 9.21 Å². The van der Waals surface area contributed by atoms with E-state index in [-0.39, 0.29) is 0 Å². The highest BCUT2D eigenvalue weighted by Crippen LogP contribution is 2.49. The van der Waals surface area contributed by atoms with Crippen LogP contribution in [0.4, 0.5) is 0 Å². The second kappa shape index (κ2) is 7.04. The maximum absolute atomic E-state index is 13.3. The molecule has 27 heavy (non-hydrogen) atoms. The fourth-order valence-electron chi connectivity index (χ4n) is 4.54. The van der Waals surface area contributed by atoms with Crippen LogP contribution in [-0.4, -0.2) is 37.3 Å². The van der Waals surface area contributed by atoms with Crippen molar-refractivity contribution in [3.63, 3.8) is 0 Å². The summed E-state index contributed by atoms with van der Waals surface area (Å²) in [5, 5.41) is 0. The third kappa shape index (κ3) is 3.22. The molecule has 5 heteroatoms. The van der Waals surface area contributed by atoms with Crippen LogP contribution in [0, 0.1) is 5.92 Å². The van der Waals surface area contributed by atoms with Crippen LogP contribution >= 0.6 is 0 Å². The number of hydrogen-bond donors (Lipinski definition) is 0. The highest BCUT2D eigenvalue weighted by atomic mass is 32.2. The average Bonchev–Trinajstić information content (AvgIpc) is 3.13. The van der Waals surface area contributed by atoms with E-state index in [1.807, 2.05) is 28.6 Å². The number of fused-ring (bicyclic) bond motifs is 2. The quantitative estimate of drug-likeness (QED) is 0.786. The van der Waals surface area contributed by atoms with Gasteiger partial charge in [-0.1, -0.05) is 62.4 Å². The first-order valence-electron chi connectivity index (χ1n) is 9.82. The average molecular weight is 385 g/mol. The third-order valence-corrected chi connectivity index (χ3v) is 7.94. The summed E-state index contributed by atoms with van der Waals surface area (Å²) < 4.78 is 28.5. The number of sulfonamides is 1. The van der Waals surface area contributed by atoms with Gasteiger partial charge in [0.05, 0.1) is 10.4 Å². The lowest BCUT2D eigenvalue weighted by Crippen LogP contribution is -2.46. The lowest BCUT2D eigenvalue weighted by molar-refractivity contribution is 0.184. The molecular formula is C22H28N2O2S. The maximum atomic E-state index is 13.3. The molecule has 0 bridgehead atoms. The summed E-state index contributed by atoms with van der Waals surface area (Å²) in [5.41, 5.74) is 1.85. The third-order valence-electron chi connectivity index (χ3n) is 5.92. The van der Waals surface area contributed by atoms with Crippen LogP contribution in [0.2, 0.25) is 0 Å². The van der Waals surface area contributed by atoms with E-state index in [1.54, 1.807) is 6.07 Å². The Morgan fingerprint density at radius 3 is 2.48 bits per heavy atom. The van der Waals surface area contributed by atoms with Crippen molar-refractivity contribution in [2.75, 3.05) is 19.6 Å². The largest absolute Gasteiger partial charge is 0.297 e. The minimum Gasteiger partial charge on any atom is -0.297 e. The molecule has 4 rings (SSSR count). The lowest BCUT2D eigenvalue weighted by atomic mass is 9.88. The monoisotopic (exact) mass is 384 g/mol. The SMILES string of the molecule is CC(C)CCN1[C@@]2(CCN(Cc3ccccc3)C2)c2ccccc2S1(=O)=O. The predicted molar refractivity (Wildman–Crippen MR) is 108 cm³/mol. The Kier molecular flexibility index (Phi) is 4.87. The van der Waals surface area contributed by atoms with E-state index in [1.165, 1.54) is 5.56 Å². The van der Waals surface area contributed by atoms with Gasteiger partial charge < -0.3 is 0 Å². The van der Waals surface area contributed by atoms with Crippen LogP contribution in [0.3, 0.4) is 0 Å². The van der Waals surface area contributed by atoms with Crippen molar-refractivity contribution in [3.8, 4) is 0 Å². The van der Waals surface area contributed by atoms with Gasteiger partial charge in [-0.25, -0.2) is 8.42 Å². The van der Waals surface area contributed by atoms with Crippen LogP contribution in [0.15, 0.2) is 59.5 Å². The first kappa shape index (κ1) is 18.7. The van der Waals surface area contributed by atoms with E-state index in [2.05, 4.69) is 43.0 Å². The Balaban J connectivity index is 1.68. The minimum absolute atomic E-state index is 0.418. The summed E-state index contributed by atoms with van der Waals surface area (Å²) in [5.74, 6) is 0.475. The zero-order valence-corrected chi connectivity index (χ0v) is 17.0. The molecule has 2 aliphatic heterocycles. The molecule has 2 aromatic rings. The molecule has 1 saturated heterocycles. The van der Waals surface area contributed by atoms with E-state index in [4.69, 9.17) is 0 Å². The smallest absolute Gasteiger partial charge is 0.244 e. The molecule has 2 aromatic carbocycles. The Hall–Kier alpha value is -1.69. The van der Waals surface area contributed by atoms with Gasteiger partial charge in [0.15, 0.2) is 0 Å². The molecule has 144 valence electrons. The van der Waals surface area contributed by atoms with E-state index in [0.29, 0.717) is 17.4 Å². The van der Waals surface area contributed by atoms with Crippen LogP contribution < -0.4 is 0 Å². The summed E-state index contributed by atoms with van der Waals surface area (Å²) in [6.07, 6.45) is 1.74. The molecule has 0 radical (unpaired) electrons. The van der Waals surface area contributed by atoms with Gasteiger partial charge >= 0.3 is 0 Å². The van der Waals surface area contributed by atoms with E-state index in [9.17, 15) is 8.42 Å². The molecule has 0 aliphatic carbocycles.